The van der Waals surface area contributed by atoms with E-state index >= 15 is 0 Å². The predicted molar refractivity (Wildman–Crippen MR) is 44.2 cm³/mol. The second-order valence-corrected chi connectivity index (χ2v) is 2.50. The third kappa shape index (κ3) is 1.72. The van der Waals surface area contributed by atoms with E-state index in [0.717, 1.165) is 0 Å². The van der Waals surface area contributed by atoms with Gasteiger partial charge >= 0.3 is 0 Å². The van der Waals surface area contributed by atoms with Crippen molar-refractivity contribution in [2.24, 2.45) is 0 Å². The standard InChI is InChI=1S/C7H7ClN2O2/c1-5(11)10(12)6-3-2-4-9-7(6)8/h2-4,12H,1H3. The fourth-order valence-corrected chi connectivity index (χ4v) is 0.905. The molecule has 0 aliphatic carbocycles. The highest BCUT2D eigenvalue weighted by molar-refractivity contribution is 6.32. The lowest BCUT2D eigenvalue weighted by molar-refractivity contribution is -0.121. The van der Waals surface area contributed by atoms with Gasteiger partial charge < -0.3 is 0 Å². The van der Waals surface area contributed by atoms with E-state index in [1.54, 1.807) is 6.07 Å². The number of hydroxylamine groups is 1. The van der Waals surface area contributed by atoms with E-state index in [4.69, 9.17) is 16.8 Å². The first-order valence-corrected chi connectivity index (χ1v) is 3.61. The van der Waals surface area contributed by atoms with Gasteiger partial charge in [-0.25, -0.2) is 4.98 Å². The molecule has 0 aliphatic rings. The molecule has 4 nitrogen and oxygen atoms in total. The third-order valence-corrected chi connectivity index (χ3v) is 1.56. The maximum Gasteiger partial charge on any atom is 0.247 e. The van der Waals surface area contributed by atoms with Crippen LogP contribution < -0.4 is 5.06 Å². The molecule has 0 radical (unpaired) electrons. The van der Waals surface area contributed by atoms with E-state index in [1.165, 1.54) is 19.2 Å². The molecule has 1 N–H and O–H groups in total. The number of hydrogen-bond acceptors (Lipinski definition) is 3. The Hall–Kier alpha value is -1.13. The molecular weight excluding hydrogens is 180 g/mol. The molecule has 64 valence electrons. The van der Waals surface area contributed by atoms with Crippen molar-refractivity contribution in [3.8, 4) is 0 Å². The Bertz CT molecular complexity index is 303. The van der Waals surface area contributed by atoms with E-state index in [9.17, 15) is 4.79 Å². The summed E-state index contributed by atoms with van der Waals surface area (Å²) in [7, 11) is 0. The van der Waals surface area contributed by atoms with E-state index < -0.39 is 5.91 Å². The van der Waals surface area contributed by atoms with Gasteiger partial charge in [0.25, 0.3) is 0 Å². The summed E-state index contributed by atoms with van der Waals surface area (Å²) >= 11 is 5.60. The molecule has 0 unspecified atom stereocenters. The highest BCUT2D eigenvalue weighted by atomic mass is 35.5. The second kappa shape index (κ2) is 3.51. The molecule has 5 heteroatoms. The SMILES string of the molecule is CC(=O)N(O)c1cccnc1Cl. The average Bonchev–Trinajstić information content (AvgIpc) is 2.04. The second-order valence-electron chi connectivity index (χ2n) is 2.14. The number of aromatic nitrogens is 1. The molecule has 0 aliphatic heterocycles. The Morgan fingerprint density at radius 3 is 2.92 bits per heavy atom. The van der Waals surface area contributed by atoms with Crippen LogP contribution in [0.15, 0.2) is 18.3 Å². The lowest BCUT2D eigenvalue weighted by Gasteiger charge is -2.12. The topological polar surface area (TPSA) is 53.4 Å². The number of carbonyl (C=O) groups is 1. The van der Waals surface area contributed by atoms with E-state index in [1.807, 2.05) is 0 Å². The fraction of sp³-hybridized carbons (Fsp3) is 0.143. The van der Waals surface area contributed by atoms with Gasteiger partial charge in [-0.1, -0.05) is 11.6 Å². The molecule has 1 rings (SSSR count). The highest BCUT2D eigenvalue weighted by Gasteiger charge is 2.11. The van der Waals surface area contributed by atoms with Gasteiger partial charge in [-0.15, -0.1) is 0 Å². The summed E-state index contributed by atoms with van der Waals surface area (Å²) in [5.41, 5.74) is 0.187. The van der Waals surface area contributed by atoms with Gasteiger partial charge in [-0.2, -0.15) is 5.06 Å². The van der Waals surface area contributed by atoms with Crippen molar-refractivity contribution in [1.29, 1.82) is 0 Å². The van der Waals surface area contributed by atoms with Crippen molar-refractivity contribution in [1.82, 2.24) is 4.98 Å². The molecule has 0 spiro atoms. The summed E-state index contributed by atoms with van der Waals surface area (Å²) in [6, 6.07) is 3.07. The Balaban J connectivity index is 3.02. The van der Waals surface area contributed by atoms with Crippen molar-refractivity contribution in [3.05, 3.63) is 23.5 Å². The summed E-state index contributed by atoms with van der Waals surface area (Å²) in [4.78, 5) is 14.4. The van der Waals surface area contributed by atoms with Crippen molar-refractivity contribution in [2.75, 3.05) is 5.06 Å². The van der Waals surface area contributed by atoms with Gasteiger partial charge in [0.15, 0.2) is 5.15 Å². The smallest absolute Gasteiger partial charge is 0.247 e. The maximum atomic E-state index is 10.7. The zero-order chi connectivity index (χ0) is 9.14. The zero-order valence-electron chi connectivity index (χ0n) is 6.36. The molecule has 1 aromatic rings. The molecule has 1 heterocycles. The quantitative estimate of drug-likeness (QED) is 0.411. The molecule has 0 bridgehead atoms. The minimum Gasteiger partial charge on any atom is -0.281 e. The van der Waals surface area contributed by atoms with Gasteiger partial charge in [0, 0.05) is 13.1 Å². The summed E-state index contributed by atoms with van der Waals surface area (Å²) < 4.78 is 0. The molecule has 0 atom stereocenters. The maximum absolute atomic E-state index is 10.7. The number of rotatable bonds is 1. The zero-order valence-corrected chi connectivity index (χ0v) is 7.12. The molecule has 1 aromatic heterocycles. The summed E-state index contributed by atoms with van der Waals surface area (Å²) in [5.74, 6) is -0.509. The minimum atomic E-state index is -0.509. The van der Waals surface area contributed by atoms with Gasteiger partial charge in [0.1, 0.15) is 5.69 Å². The molecule has 0 saturated carbocycles. The summed E-state index contributed by atoms with van der Waals surface area (Å²) in [5, 5.41) is 9.68. The fourth-order valence-electron chi connectivity index (χ4n) is 0.705. The molecule has 0 fully saturated rings. The first-order valence-electron chi connectivity index (χ1n) is 3.23. The van der Waals surface area contributed by atoms with Crippen LogP contribution in [0, 0.1) is 0 Å². The van der Waals surface area contributed by atoms with Crippen LogP contribution in [0.2, 0.25) is 5.15 Å². The van der Waals surface area contributed by atoms with Gasteiger partial charge in [-0.05, 0) is 12.1 Å². The number of hydrogen-bond donors (Lipinski definition) is 1. The van der Waals surface area contributed by atoms with Crippen LogP contribution in [0.4, 0.5) is 5.69 Å². The highest BCUT2D eigenvalue weighted by Crippen LogP contribution is 2.20. The predicted octanol–water partition coefficient (Wildman–Crippen LogP) is 1.48. The monoisotopic (exact) mass is 186 g/mol. The normalized spacial score (nSPS) is 9.58. The number of amides is 1. The first-order chi connectivity index (χ1) is 5.63. The molecule has 0 aromatic carbocycles. The van der Waals surface area contributed by atoms with Crippen molar-refractivity contribution in [2.45, 2.75) is 6.92 Å². The average molecular weight is 187 g/mol. The molecule has 1 amide bonds. The van der Waals surface area contributed by atoms with Crippen LogP contribution in [0.3, 0.4) is 0 Å². The van der Waals surface area contributed by atoms with Gasteiger partial charge in [0.2, 0.25) is 5.91 Å². The van der Waals surface area contributed by atoms with Crippen LogP contribution in [0.1, 0.15) is 6.92 Å². The van der Waals surface area contributed by atoms with Crippen molar-refractivity contribution >= 4 is 23.2 Å². The number of nitrogens with zero attached hydrogens (tertiary/aromatic N) is 2. The summed E-state index contributed by atoms with van der Waals surface area (Å²) in [6.07, 6.45) is 1.47. The third-order valence-electron chi connectivity index (χ3n) is 1.27. The van der Waals surface area contributed by atoms with Crippen molar-refractivity contribution in [3.63, 3.8) is 0 Å². The molecule has 0 saturated heterocycles. The Morgan fingerprint density at radius 1 is 1.75 bits per heavy atom. The number of pyridine rings is 1. The Labute approximate surface area is 74.4 Å². The van der Waals surface area contributed by atoms with Crippen LogP contribution in [-0.2, 0) is 4.79 Å². The van der Waals surface area contributed by atoms with Gasteiger partial charge in [-0.3, -0.25) is 10.0 Å². The van der Waals surface area contributed by atoms with E-state index in [2.05, 4.69) is 4.98 Å². The Kier molecular flexibility index (Phi) is 2.62. The van der Waals surface area contributed by atoms with Crippen LogP contribution >= 0.6 is 11.6 Å². The minimum absolute atomic E-state index is 0.0928. The summed E-state index contributed by atoms with van der Waals surface area (Å²) in [6.45, 7) is 1.23. The number of carbonyl (C=O) groups excluding carboxylic acids is 1. The van der Waals surface area contributed by atoms with Crippen LogP contribution in [0.25, 0.3) is 0 Å². The number of anilines is 1. The largest absolute Gasteiger partial charge is 0.281 e. The van der Waals surface area contributed by atoms with Gasteiger partial charge in [0.05, 0.1) is 0 Å². The van der Waals surface area contributed by atoms with Crippen LogP contribution in [-0.4, -0.2) is 16.1 Å². The number of halogens is 1. The van der Waals surface area contributed by atoms with E-state index in [-0.39, 0.29) is 10.8 Å². The van der Waals surface area contributed by atoms with E-state index in [0.29, 0.717) is 5.06 Å². The van der Waals surface area contributed by atoms with Crippen molar-refractivity contribution < 1.29 is 10.0 Å². The first kappa shape index (κ1) is 8.96. The van der Waals surface area contributed by atoms with Crippen LogP contribution in [0.5, 0.6) is 0 Å². The Morgan fingerprint density at radius 2 is 2.42 bits per heavy atom. The molecule has 12 heavy (non-hydrogen) atoms. The molecular formula is C7H7ClN2O2. The lowest BCUT2D eigenvalue weighted by Crippen LogP contribution is -2.24. The lowest BCUT2D eigenvalue weighted by atomic mass is 10.4.